The van der Waals surface area contributed by atoms with Crippen molar-refractivity contribution in [2.75, 3.05) is 31.2 Å². The summed E-state index contributed by atoms with van der Waals surface area (Å²) >= 11 is 0. The van der Waals surface area contributed by atoms with Crippen LogP contribution in [0.3, 0.4) is 0 Å². The van der Waals surface area contributed by atoms with Gasteiger partial charge in [-0.15, -0.1) is 0 Å². The van der Waals surface area contributed by atoms with Crippen LogP contribution < -0.4 is 9.64 Å². The average molecular weight is 698 g/mol. The van der Waals surface area contributed by atoms with Crippen molar-refractivity contribution in [2.45, 2.75) is 17.9 Å². The summed E-state index contributed by atoms with van der Waals surface area (Å²) in [4.78, 5) is 2.40. The van der Waals surface area contributed by atoms with Crippen molar-refractivity contribution in [3.63, 3.8) is 0 Å². The van der Waals surface area contributed by atoms with E-state index in [0.717, 1.165) is 54.1 Å². The summed E-state index contributed by atoms with van der Waals surface area (Å²) in [7, 11) is 0. The van der Waals surface area contributed by atoms with Crippen LogP contribution in [0.5, 0.6) is 5.75 Å². The lowest BCUT2D eigenvalue weighted by atomic mass is 9.69. The van der Waals surface area contributed by atoms with Crippen LogP contribution in [0.2, 0.25) is 0 Å². The molecule has 1 saturated heterocycles. The third-order valence-electron chi connectivity index (χ3n) is 12.4. The molecule has 3 nitrogen and oxygen atoms in total. The molecule has 3 aliphatic rings. The SMILES string of the molecule is CC1(c2cccc3ccc4ccccc4c23)c2ccccc2-c2c1c1c(c3ccccc23)OC(c2ccccc2)(c2ccc(N3CCOCC3)cc2)C=C1. The molecule has 0 N–H and O–H groups in total. The van der Waals surface area contributed by atoms with Crippen LogP contribution in [-0.2, 0) is 15.8 Å². The fourth-order valence-corrected chi connectivity index (χ4v) is 9.82. The van der Waals surface area contributed by atoms with E-state index in [9.17, 15) is 0 Å². The second kappa shape index (κ2) is 11.9. The van der Waals surface area contributed by atoms with Gasteiger partial charge >= 0.3 is 0 Å². The Labute approximate surface area is 315 Å². The van der Waals surface area contributed by atoms with Crippen molar-refractivity contribution in [3.8, 4) is 16.9 Å². The molecule has 3 heteroatoms. The molecular formula is C51H39NO2. The standard InChI is InChI=1S/C51H39NO2/c1-50(45-21-11-13-35-23-22-34-12-5-6-16-39(34)46(35)45)44-20-10-9-19-42(44)47-40-17-7-8-18-41(40)49-43(48(47)50)28-29-51(54-49,36-14-3-2-4-15-36)37-24-26-38(27-25-37)52-30-32-53-33-31-52/h2-29H,30-33H2,1H3. The highest BCUT2D eigenvalue weighted by Crippen LogP contribution is 2.61. The normalized spacial score (nSPS) is 20.1. The van der Waals surface area contributed by atoms with Crippen molar-refractivity contribution in [1.29, 1.82) is 0 Å². The molecule has 0 spiro atoms. The van der Waals surface area contributed by atoms with Gasteiger partial charge in [-0.1, -0.05) is 152 Å². The highest BCUT2D eigenvalue weighted by molar-refractivity contribution is 6.13. The fraction of sp³-hybridized carbons (Fsp3) is 0.137. The molecular weight excluding hydrogens is 659 g/mol. The van der Waals surface area contributed by atoms with Crippen molar-refractivity contribution in [2.24, 2.45) is 0 Å². The molecule has 0 amide bonds. The number of anilines is 1. The van der Waals surface area contributed by atoms with E-state index in [1.54, 1.807) is 0 Å². The van der Waals surface area contributed by atoms with Crippen LogP contribution in [0, 0.1) is 0 Å². The topological polar surface area (TPSA) is 21.7 Å². The molecule has 8 aromatic rings. The van der Waals surface area contributed by atoms with Gasteiger partial charge in [-0.25, -0.2) is 0 Å². The average Bonchev–Trinajstić information content (AvgIpc) is 3.53. The first-order valence-corrected chi connectivity index (χ1v) is 19.1. The first-order chi connectivity index (χ1) is 26.6. The van der Waals surface area contributed by atoms with Crippen LogP contribution >= 0.6 is 0 Å². The second-order valence-electron chi connectivity index (χ2n) is 15.1. The van der Waals surface area contributed by atoms with Gasteiger partial charge in [0.05, 0.1) is 13.2 Å². The lowest BCUT2D eigenvalue weighted by molar-refractivity contribution is 0.122. The molecule has 260 valence electrons. The predicted molar refractivity (Wildman–Crippen MR) is 223 cm³/mol. The predicted octanol–water partition coefficient (Wildman–Crippen LogP) is 11.7. The second-order valence-corrected chi connectivity index (χ2v) is 15.1. The molecule has 2 atom stereocenters. The zero-order valence-corrected chi connectivity index (χ0v) is 30.3. The Morgan fingerprint density at radius 1 is 0.556 bits per heavy atom. The Hall–Kier alpha value is -6.16. The van der Waals surface area contributed by atoms with Crippen molar-refractivity contribution < 1.29 is 9.47 Å². The first kappa shape index (κ1) is 31.4. The quantitative estimate of drug-likeness (QED) is 0.171. The minimum Gasteiger partial charge on any atom is -0.472 e. The summed E-state index contributed by atoms with van der Waals surface area (Å²) in [5.74, 6) is 0.928. The first-order valence-electron chi connectivity index (χ1n) is 19.1. The van der Waals surface area contributed by atoms with Crippen LogP contribution in [0.25, 0.3) is 49.5 Å². The van der Waals surface area contributed by atoms with Crippen LogP contribution in [0.1, 0.15) is 40.3 Å². The van der Waals surface area contributed by atoms with E-state index in [4.69, 9.17) is 9.47 Å². The maximum atomic E-state index is 7.68. The maximum Gasteiger partial charge on any atom is 0.178 e. The van der Waals surface area contributed by atoms with Gasteiger partial charge in [-0.05, 0) is 79.9 Å². The molecule has 0 radical (unpaired) electrons. The zero-order chi connectivity index (χ0) is 35.9. The maximum absolute atomic E-state index is 7.68. The van der Waals surface area contributed by atoms with Gasteiger partial charge in [-0.2, -0.15) is 0 Å². The van der Waals surface area contributed by atoms with Gasteiger partial charge in [0.1, 0.15) is 5.75 Å². The molecule has 2 aliphatic heterocycles. The number of rotatable bonds is 4. The molecule has 0 aromatic heterocycles. The Morgan fingerprint density at radius 2 is 1.20 bits per heavy atom. The Kier molecular flexibility index (Phi) is 6.93. The Bertz CT molecular complexity index is 2800. The van der Waals surface area contributed by atoms with Gasteiger partial charge in [0.2, 0.25) is 0 Å². The smallest absolute Gasteiger partial charge is 0.178 e. The zero-order valence-electron chi connectivity index (χ0n) is 30.3. The van der Waals surface area contributed by atoms with E-state index >= 15 is 0 Å². The molecule has 8 aromatic carbocycles. The van der Waals surface area contributed by atoms with E-state index in [2.05, 4.69) is 182 Å². The lowest BCUT2D eigenvalue weighted by Gasteiger charge is -2.39. The molecule has 11 rings (SSSR count). The molecule has 1 fully saturated rings. The molecule has 1 aliphatic carbocycles. The van der Waals surface area contributed by atoms with Crippen LogP contribution in [0.15, 0.2) is 164 Å². The highest BCUT2D eigenvalue weighted by atomic mass is 16.5. The minimum atomic E-state index is -0.827. The van der Waals surface area contributed by atoms with E-state index in [1.165, 1.54) is 60.4 Å². The molecule has 2 heterocycles. The number of hydrogen-bond acceptors (Lipinski definition) is 3. The van der Waals surface area contributed by atoms with Gasteiger partial charge in [0.15, 0.2) is 5.60 Å². The van der Waals surface area contributed by atoms with E-state index < -0.39 is 11.0 Å². The number of hydrogen-bond donors (Lipinski definition) is 0. The number of morpholine rings is 1. The molecule has 0 bridgehead atoms. The van der Waals surface area contributed by atoms with Gasteiger partial charge < -0.3 is 14.4 Å². The Balaban J connectivity index is 1.19. The molecule has 0 saturated carbocycles. The monoisotopic (exact) mass is 697 g/mol. The van der Waals surface area contributed by atoms with Crippen molar-refractivity contribution in [1.82, 2.24) is 0 Å². The van der Waals surface area contributed by atoms with Gasteiger partial charge in [0, 0.05) is 46.3 Å². The highest BCUT2D eigenvalue weighted by Gasteiger charge is 2.47. The minimum absolute atomic E-state index is 0.468. The number of nitrogens with zero attached hydrogens (tertiary/aromatic N) is 1. The van der Waals surface area contributed by atoms with Crippen molar-refractivity contribution >= 4 is 44.1 Å². The van der Waals surface area contributed by atoms with E-state index in [1.807, 2.05) is 0 Å². The summed E-state index contributed by atoms with van der Waals surface area (Å²) in [5, 5.41) is 7.44. The fourth-order valence-electron chi connectivity index (χ4n) is 9.82. The summed E-state index contributed by atoms with van der Waals surface area (Å²) in [6.07, 6.45) is 4.69. The number of ether oxygens (including phenoxy) is 2. The molecule has 54 heavy (non-hydrogen) atoms. The number of benzene rings is 8. The lowest BCUT2D eigenvalue weighted by Crippen LogP contribution is -2.37. The summed E-state index contributed by atoms with van der Waals surface area (Å²) in [5.41, 5.74) is 9.80. The van der Waals surface area contributed by atoms with Gasteiger partial charge in [0.25, 0.3) is 0 Å². The van der Waals surface area contributed by atoms with Crippen LogP contribution in [-0.4, -0.2) is 26.3 Å². The number of fused-ring (bicyclic) bond motifs is 11. The van der Waals surface area contributed by atoms with E-state index in [-0.39, 0.29) is 0 Å². The van der Waals surface area contributed by atoms with Gasteiger partial charge in [-0.3, -0.25) is 0 Å². The third-order valence-corrected chi connectivity index (χ3v) is 12.4. The third kappa shape index (κ3) is 4.39. The van der Waals surface area contributed by atoms with Crippen LogP contribution in [0.4, 0.5) is 5.69 Å². The summed E-state index contributed by atoms with van der Waals surface area (Å²) in [6, 6.07) is 57.8. The van der Waals surface area contributed by atoms with E-state index in [0.29, 0.717) is 0 Å². The van der Waals surface area contributed by atoms with Crippen molar-refractivity contribution in [3.05, 3.63) is 197 Å². The largest absolute Gasteiger partial charge is 0.472 e. The summed E-state index contributed by atoms with van der Waals surface area (Å²) < 4.78 is 13.3. The Morgan fingerprint density at radius 3 is 2.04 bits per heavy atom. The molecule has 2 unspecified atom stereocenters. The summed E-state index contributed by atoms with van der Waals surface area (Å²) in [6.45, 7) is 5.76.